The Morgan fingerprint density at radius 3 is 2.65 bits per heavy atom. The minimum absolute atomic E-state index is 0.0324. The Morgan fingerprint density at radius 2 is 2.12 bits per heavy atom. The van der Waals surface area contributed by atoms with Crippen LogP contribution in [0.3, 0.4) is 0 Å². The lowest BCUT2D eigenvalue weighted by molar-refractivity contribution is -0.384. The summed E-state index contributed by atoms with van der Waals surface area (Å²) in [6.45, 7) is 5.62. The van der Waals surface area contributed by atoms with Crippen molar-refractivity contribution in [2.24, 2.45) is 0 Å². The standard InChI is InChI=1S/C18H24N4O4/c1-4-6-10-21(9-5-2)13-14(12-19)18(23)20-16-8-7-15(22(24)25)11-17(16)26-3/h7-8,11,13H,4-6,9-10H2,1-3H3,(H,20,23)/b14-13-. The molecule has 140 valence electrons. The molecule has 0 aromatic heterocycles. The summed E-state index contributed by atoms with van der Waals surface area (Å²) in [5.41, 5.74) is 0.0828. The number of carbonyl (C=O) groups is 1. The van der Waals surface area contributed by atoms with Crippen LogP contribution in [0.5, 0.6) is 5.75 Å². The number of methoxy groups -OCH3 is 1. The zero-order valence-corrected chi connectivity index (χ0v) is 15.3. The maximum Gasteiger partial charge on any atom is 0.273 e. The second-order valence-electron chi connectivity index (χ2n) is 5.64. The summed E-state index contributed by atoms with van der Waals surface area (Å²) in [6, 6.07) is 5.77. The molecule has 0 fully saturated rings. The lowest BCUT2D eigenvalue weighted by Gasteiger charge is -2.20. The third kappa shape index (κ3) is 6.09. The second-order valence-corrected chi connectivity index (χ2v) is 5.64. The number of unbranched alkanes of at least 4 members (excludes halogenated alkanes) is 1. The molecule has 0 spiro atoms. The van der Waals surface area contributed by atoms with E-state index in [0.717, 1.165) is 32.4 Å². The molecule has 0 atom stereocenters. The van der Waals surface area contributed by atoms with Gasteiger partial charge in [-0.2, -0.15) is 5.26 Å². The summed E-state index contributed by atoms with van der Waals surface area (Å²) >= 11 is 0. The summed E-state index contributed by atoms with van der Waals surface area (Å²) in [4.78, 5) is 24.7. The van der Waals surface area contributed by atoms with E-state index in [2.05, 4.69) is 12.2 Å². The smallest absolute Gasteiger partial charge is 0.273 e. The Hall–Kier alpha value is -3.08. The number of hydrogen-bond acceptors (Lipinski definition) is 6. The molecule has 1 amide bonds. The molecular weight excluding hydrogens is 336 g/mol. The van der Waals surface area contributed by atoms with E-state index in [-0.39, 0.29) is 22.7 Å². The quantitative estimate of drug-likeness (QED) is 0.296. The van der Waals surface area contributed by atoms with E-state index in [1.165, 1.54) is 25.3 Å². The van der Waals surface area contributed by atoms with E-state index in [9.17, 15) is 20.2 Å². The van der Waals surface area contributed by atoms with Crippen LogP contribution in [-0.4, -0.2) is 35.9 Å². The van der Waals surface area contributed by atoms with Crippen molar-refractivity contribution in [3.63, 3.8) is 0 Å². The first-order valence-electron chi connectivity index (χ1n) is 8.46. The molecule has 0 radical (unpaired) electrons. The lowest BCUT2D eigenvalue weighted by atomic mass is 10.2. The summed E-state index contributed by atoms with van der Waals surface area (Å²) in [7, 11) is 1.35. The molecule has 1 aromatic rings. The Morgan fingerprint density at radius 1 is 1.38 bits per heavy atom. The van der Waals surface area contributed by atoms with Crippen molar-refractivity contribution in [2.75, 3.05) is 25.5 Å². The third-order valence-corrected chi connectivity index (χ3v) is 3.63. The van der Waals surface area contributed by atoms with Gasteiger partial charge >= 0.3 is 0 Å². The Labute approximate surface area is 153 Å². The van der Waals surface area contributed by atoms with Crippen molar-refractivity contribution in [1.29, 1.82) is 5.26 Å². The second kappa shape index (κ2) is 10.7. The number of rotatable bonds is 10. The molecule has 1 N–H and O–H groups in total. The SMILES string of the molecule is CCCCN(/C=C(/C#N)C(=O)Nc1ccc([N+](=O)[O-])cc1OC)CCC. The normalized spacial score (nSPS) is 10.8. The Bertz CT molecular complexity index is 710. The molecule has 1 aromatic carbocycles. The molecule has 1 rings (SSSR count). The van der Waals surface area contributed by atoms with Gasteiger partial charge in [0.2, 0.25) is 0 Å². The van der Waals surface area contributed by atoms with Crippen LogP contribution in [0.1, 0.15) is 33.1 Å². The number of hydrogen-bond donors (Lipinski definition) is 1. The van der Waals surface area contributed by atoms with Gasteiger partial charge in [-0.05, 0) is 18.9 Å². The number of non-ortho nitro benzene ring substituents is 1. The van der Waals surface area contributed by atoms with Crippen molar-refractivity contribution < 1.29 is 14.5 Å². The van der Waals surface area contributed by atoms with Gasteiger partial charge in [0.15, 0.2) is 0 Å². The number of nitro benzene ring substituents is 1. The van der Waals surface area contributed by atoms with Gasteiger partial charge in [0.05, 0.1) is 23.8 Å². The Balaban J connectivity index is 3.00. The number of nitrogens with zero attached hydrogens (tertiary/aromatic N) is 3. The van der Waals surface area contributed by atoms with Crippen molar-refractivity contribution in [1.82, 2.24) is 4.90 Å². The van der Waals surface area contributed by atoms with Gasteiger partial charge in [-0.15, -0.1) is 0 Å². The number of nitro groups is 1. The van der Waals surface area contributed by atoms with E-state index in [4.69, 9.17) is 4.74 Å². The predicted octanol–water partition coefficient (Wildman–Crippen LogP) is 3.46. The number of benzene rings is 1. The maximum atomic E-state index is 12.4. The van der Waals surface area contributed by atoms with Gasteiger partial charge in [0.1, 0.15) is 17.4 Å². The molecule has 0 unspecified atom stereocenters. The fourth-order valence-electron chi connectivity index (χ4n) is 2.30. The molecule has 0 aliphatic rings. The number of amides is 1. The third-order valence-electron chi connectivity index (χ3n) is 3.63. The van der Waals surface area contributed by atoms with Crippen LogP contribution in [-0.2, 0) is 4.79 Å². The van der Waals surface area contributed by atoms with Crippen LogP contribution in [0, 0.1) is 21.4 Å². The van der Waals surface area contributed by atoms with E-state index < -0.39 is 10.8 Å². The molecule has 8 heteroatoms. The van der Waals surface area contributed by atoms with Crippen molar-refractivity contribution in [2.45, 2.75) is 33.1 Å². The highest BCUT2D eigenvalue weighted by molar-refractivity contribution is 6.07. The van der Waals surface area contributed by atoms with E-state index in [1.807, 2.05) is 17.9 Å². The van der Waals surface area contributed by atoms with E-state index in [0.29, 0.717) is 0 Å². The maximum absolute atomic E-state index is 12.4. The van der Waals surface area contributed by atoms with Crippen molar-refractivity contribution in [3.8, 4) is 11.8 Å². The number of anilines is 1. The molecule has 26 heavy (non-hydrogen) atoms. The molecule has 0 saturated heterocycles. The minimum atomic E-state index is -0.586. The first kappa shape index (κ1) is 21.0. The van der Waals surface area contributed by atoms with E-state index >= 15 is 0 Å². The van der Waals surface area contributed by atoms with Crippen molar-refractivity contribution in [3.05, 3.63) is 40.1 Å². The first-order valence-corrected chi connectivity index (χ1v) is 8.46. The van der Waals surface area contributed by atoms with Crippen LogP contribution in [0.2, 0.25) is 0 Å². The molecule has 8 nitrogen and oxygen atoms in total. The highest BCUT2D eigenvalue weighted by Crippen LogP contribution is 2.29. The predicted molar refractivity (Wildman–Crippen MR) is 98.7 cm³/mol. The number of nitrogens with one attached hydrogen (secondary N) is 1. The molecule has 0 heterocycles. The molecule has 0 aliphatic heterocycles. The number of ether oxygens (including phenoxy) is 1. The van der Waals surface area contributed by atoms with Gasteiger partial charge in [-0.1, -0.05) is 20.3 Å². The molecular formula is C18H24N4O4. The van der Waals surface area contributed by atoms with Gasteiger partial charge in [0.25, 0.3) is 11.6 Å². The van der Waals surface area contributed by atoms with Gasteiger partial charge in [-0.25, -0.2) is 0 Å². The average molecular weight is 360 g/mol. The summed E-state index contributed by atoms with van der Waals surface area (Å²) in [6.07, 6.45) is 4.44. The zero-order valence-electron chi connectivity index (χ0n) is 15.3. The molecule has 0 bridgehead atoms. The Kier molecular flexibility index (Phi) is 8.64. The van der Waals surface area contributed by atoms with Gasteiger partial charge in [0, 0.05) is 25.4 Å². The van der Waals surface area contributed by atoms with E-state index in [1.54, 1.807) is 6.20 Å². The van der Waals surface area contributed by atoms with Crippen molar-refractivity contribution >= 4 is 17.3 Å². The molecule has 0 saturated carbocycles. The van der Waals surface area contributed by atoms with Gasteiger partial charge < -0.3 is 15.0 Å². The summed E-state index contributed by atoms with van der Waals surface area (Å²) < 4.78 is 5.09. The zero-order chi connectivity index (χ0) is 19.5. The fourth-order valence-corrected chi connectivity index (χ4v) is 2.30. The lowest BCUT2D eigenvalue weighted by Crippen LogP contribution is -2.23. The molecule has 0 aliphatic carbocycles. The monoisotopic (exact) mass is 360 g/mol. The van der Waals surface area contributed by atoms with Crippen LogP contribution < -0.4 is 10.1 Å². The minimum Gasteiger partial charge on any atom is -0.494 e. The van der Waals surface area contributed by atoms with Crippen LogP contribution in [0.25, 0.3) is 0 Å². The van der Waals surface area contributed by atoms with Crippen LogP contribution in [0.4, 0.5) is 11.4 Å². The number of nitriles is 1. The van der Waals surface area contributed by atoms with Gasteiger partial charge in [-0.3, -0.25) is 14.9 Å². The summed E-state index contributed by atoms with van der Waals surface area (Å²) in [5, 5.41) is 22.7. The fraction of sp³-hybridized carbons (Fsp3) is 0.444. The number of carbonyl (C=O) groups excluding carboxylic acids is 1. The average Bonchev–Trinajstić information content (AvgIpc) is 2.63. The topological polar surface area (TPSA) is 109 Å². The van der Waals surface area contributed by atoms with Crippen LogP contribution in [0.15, 0.2) is 30.0 Å². The van der Waals surface area contributed by atoms with Crippen LogP contribution >= 0.6 is 0 Å². The highest BCUT2D eigenvalue weighted by atomic mass is 16.6. The summed E-state index contributed by atoms with van der Waals surface area (Å²) in [5.74, 6) is -0.432. The largest absolute Gasteiger partial charge is 0.494 e. The highest BCUT2D eigenvalue weighted by Gasteiger charge is 2.16. The first-order chi connectivity index (χ1) is 12.5.